The van der Waals surface area contributed by atoms with Crippen LogP contribution in [0.2, 0.25) is 0 Å². The molecule has 1 fully saturated rings. The summed E-state index contributed by atoms with van der Waals surface area (Å²) < 4.78 is 33.2. The fourth-order valence-electron chi connectivity index (χ4n) is 3.72. The van der Waals surface area contributed by atoms with E-state index in [1.54, 1.807) is 11.0 Å². The molecule has 9 nitrogen and oxygen atoms in total. The predicted molar refractivity (Wildman–Crippen MR) is 113 cm³/mol. The van der Waals surface area contributed by atoms with Gasteiger partial charge in [0, 0.05) is 31.1 Å². The number of carbonyl (C=O) groups is 1. The van der Waals surface area contributed by atoms with Gasteiger partial charge in [-0.2, -0.15) is 0 Å². The second-order valence-corrected chi connectivity index (χ2v) is 9.20. The van der Waals surface area contributed by atoms with E-state index in [-0.39, 0.29) is 29.0 Å². The van der Waals surface area contributed by atoms with Crippen molar-refractivity contribution >= 4 is 32.6 Å². The van der Waals surface area contributed by atoms with Crippen LogP contribution >= 0.6 is 0 Å². The second kappa shape index (κ2) is 8.48. The lowest BCUT2D eigenvalue weighted by molar-refractivity contribution is -0.387. The van der Waals surface area contributed by atoms with Crippen LogP contribution in [0.25, 0.3) is 11.0 Å². The van der Waals surface area contributed by atoms with Crippen molar-refractivity contribution in [1.29, 1.82) is 0 Å². The number of nitrogens with one attached hydrogen (secondary N) is 1. The molecule has 1 saturated heterocycles. The number of amides is 1. The number of nitro groups is 1. The number of benzene rings is 2. The van der Waals surface area contributed by atoms with Crippen molar-refractivity contribution in [1.82, 2.24) is 9.62 Å². The Morgan fingerprint density at radius 2 is 1.81 bits per heavy atom. The number of likely N-dealkylation sites (tertiary alicyclic amines) is 1. The summed E-state index contributed by atoms with van der Waals surface area (Å²) in [7, 11) is -4.01. The van der Waals surface area contributed by atoms with Gasteiger partial charge in [-0.15, -0.1) is 0 Å². The van der Waals surface area contributed by atoms with Crippen molar-refractivity contribution in [2.45, 2.75) is 17.7 Å². The van der Waals surface area contributed by atoms with Crippen LogP contribution in [0, 0.1) is 16.0 Å². The van der Waals surface area contributed by atoms with Gasteiger partial charge >= 0.3 is 0 Å². The summed E-state index contributed by atoms with van der Waals surface area (Å²) in [5.74, 6) is 0.129. The van der Waals surface area contributed by atoms with Gasteiger partial charge in [-0.25, -0.2) is 13.1 Å². The summed E-state index contributed by atoms with van der Waals surface area (Å²) in [4.78, 5) is 24.5. The average molecular weight is 443 g/mol. The molecule has 0 saturated carbocycles. The number of hydrogen-bond donors (Lipinski definition) is 1. The van der Waals surface area contributed by atoms with E-state index in [1.807, 2.05) is 24.3 Å². The van der Waals surface area contributed by atoms with E-state index in [0.29, 0.717) is 31.5 Å². The summed E-state index contributed by atoms with van der Waals surface area (Å²) in [6.45, 7) is 1.11. The highest BCUT2D eigenvalue weighted by atomic mass is 32.2. The van der Waals surface area contributed by atoms with Crippen LogP contribution in [-0.4, -0.2) is 43.8 Å². The minimum absolute atomic E-state index is 0.0252. The highest BCUT2D eigenvalue weighted by molar-refractivity contribution is 7.89. The van der Waals surface area contributed by atoms with E-state index in [9.17, 15) is 23.3 Å². The number of piperidine rings is 1. The smallest absolute Gasteiger partial charge is 0.289 e. The first kappa shape index (κ1) is 21.0. The van der Waals surface area contributed by atoms with Gasteiger partial charge in [0.1, 0.15) is 5.58 Å². The van der Waals surface area contributed by atoms with Gasteiger partial charge in [0.2, 0.25) is 10.0 Å². The van der Waals surface area contributed by atoms with Gasteiger partial charge in [-0.3, -0.25) is 14.9 Å². The lowest BCUT2D eigenvalue weighted by Gasteiger charge is -2.31. The van der Waals surface area contributed by atoms with E-state index in [1.165, 1.54) is 18.2 Å². The monoisotopic (exact) mass is 443 g/mol. The standard InChI is InChI=1S/C21H21N3O6S/c25-21(19-13-16-5-1-3-7-18(16)30-19)23-11-9-15(10-12-23)14-22-31(28,29)20-8-4-2-6-17(20)24(26)27/h1-8,13,15,22H,9-12,14H2. The van der Waals surface area contributed by atoms with Gasteiger partial charge in [0.05, 0.1) is 4.92 Å². The molecule has 1 amide bonds. The molecule has 31 heavy (non-hydrogen) atoms. The van der Waals surface area contributed by atoms with Gasteiger partial charge in [-0.05, 0) is 37.0 Å². The maximum atomic E-state index is 12.7. The number of furan rings is 1. The Hall–Kier alpha value is -3.24. The molecule has 0 spiro atoms. The number of para-hydroxylation sites is 2. The van der Waals surface area contributed by atoms with Crippen molar-refractivity contribution in [3.8, 4) is 0 Å². The zero-order valence-electron chi connectivity index (χ0n) is 16.6. The molecule has 4 rings (SSSR count). The molecular formula is C21H21N3O6S. The van der Waals surface area contributed by atoms with Crippen LogP contribution in [-0.2, 0) is 10.0 Å². The molecule has 1 aromatic heterocycles. The predicted octanol–water partition coefficient (Wildman–Crippen LogP) is 3.17. The second-order valence-electron chi connectivity index (χ2n) is 7.46. The number of carbonyl (C=O) groups excluding carboxylic acids is 1. The molecule has 1 aliphatic rings. The Labute approximate surface area is 178 Å². The first-order chi connectivity index (χ1) is 14.8. The van der Waals surface area contributed by atoms with E-state index in [4.69, 9.17) is 4.42 Å². The summed E-state index contributed by atoms with van der Waals surface area (Å²) >= 11 is 0. The molecule has 2 heterocycles. The summed E-state index contributed by atoms with van der Waals surface area (Å²) in [6.07, 6.45) is 1.23. The highest BCUT2D eigenvalue weighted by Crippen LogP contribution is 2.25. The zero-order chi connectivity index (χ0) is 22.0. The lowest BCUT2D eigenvalue weighted by Crippen LogP contribution is -2.41. The third kappa shape index (κ3) is 4.44. The van der Waals surface area contributed by atoms with Crippen molar-refractivity contribution in [2.75, 3.05) is 19.6 Å². The van der Waals surface area contributed by atoms with Crippen LogP contribution < -0.4 is 4.72 Å². The number of sulfonamides is 1. The molecule has 0 atom stereocenters. The van der Waals surface area contributed by atoms with Gasteiger partial charge < -0.3 is 9.32 Å². The average Bonchev–Trinajstić information content (AvgIpc) is 3.22. The van der Waals surface area contributed by atoms with Crippen molar-refractivity contribution in [3.63, 3.8) is 0 Å². The number of rotatable bonds is 6. The Kier molecular flexibility index (Phi) is 5.75. The molecule has 1 aliphatic heterocycles. The largest absolute Gasteiger partial charge is 0.451 e. The molecule has 0 aliphatic carbocycles. The minimum Gasteiger partial charge on any atom is -0.451 e. The van der Waals surface area contributed by atoms with Crippen LogP contribution in [0.4, 0.5) is 5.69 Å². The van der Waals surface area contributed by atoms with Crippen molar-refractivity contribution < 1.29 is 22.6 Å². The molecule has 0 radical (unpaired) electrons. The van der Waals surface area contributed by atoms with Gasteiger partial charge in [0.15, 0.2) is 10.7 Å². The van der Waals surface area contributed by atoms with E-state index in [2.05, 4.69) is 4.72 Å². The van der Waals surface area contributed by atoms with E-state index < -0.39 is 20.6 Å². The quantitative estimate of drug-likeness (QED) is 0.461. The van der Waals surface area contributed by atoms with Crippen LogP contribution in [0.5, 0.6) is 0 Å². The lowest BCUT2D eigenvalue weighted by atomic mass is 9.97. The van der Waals surface area contributed by atoms with Gasteiger partial charge in [0.25, 0.3) is 11.6 Å². The molecule has 1 N–H and O–H groups in total. The molecule has 0 bridgehead atoms. The fraction of sp³-hybridized carbons (Fsp3) is 0.286. The molecule has 2 aromatic carbocycles. The Morgan fingerprint density at radius 3 is 2.52 bits per heavy atom. The highest BCUT2D eigenvalue weighted by Gasteiger charge is 2.29. The van der Waals surface area contributed by atoms with Crippen molar-refractivity contribution in [3.05, 3.63) is 70.5 Å². The minimum atomic E-state index is -4.01. The summed E-state index contributed by atoms with van der Waals surface area (Å²) in [5, 5.41) is 12.0. The first-order valence-corrected chi connectivity index (χ1v) is 11.3. The number of nitrogens with zero attached hydrogens (tertiary/aromatic N) is 2. The maximum absolute atomic E-state index is 12.7. The number of nitro benzene ring substituents is 1. The van der Waals surface area contributed by atoms with Crippen molar-refractivity contribution in [2.24, 2.45) is 5.92 Å². The normalized spacial score (nSPS) is 15.3. The SMILES string of the molecule is O=C(c1cc2ccccc2o1)N1CCC(CNS(=O)(=O)c2ccccc2[N+](=O)[O-])CC1. The third-order valence-electron chi connectivity index (χ3n) is 5.45. The molecule has 10 heteroatoms. The topological polar surface area (TPSA) is 123 Å². The fourth-order valence-corrected chi connectivity index (χ4v) is 5.01. The molecule has 3 aromatic rings. The van der Waals surface area contributed by atoms with Crippen LogP contribution in [0.15, 0.2) is 63.9 Å². The Morgan fingerprint density at radius 1 is 1.13 bits per heavy atom. The Bertz CT molecular complexity index is 1200. The molecule has 0 unspecified atom stereocenters. The van der Waals surface area contributed by atoms with E-state index in [0.717, 1.165) is 11.5 Å². The first-order valence-electron chi connectivity index (χ1n) is 9.86. The maximum Gasteiger partial charge on any atom is 0.289 e. The molecule has 162 valence electrons. The number of hydrogen-bond acceptors (Lipinski definition) is 6. The van der Waals surface area contributed by atoms with Crippen LogP contribution in [0.3, 0.4) is 0 Å². The summed E-state index contributed by atoms with van der Waals surface area (Å²) in [5.41, 5.74) is 0.200. The van der Waals surface area contributed by atoms with Crippen LogP contribution in [0.1, 0.15) is 23.4 Å². The third-order valence-corrected chi connectivity index (χ3v) is 6.92. The summed E-state index contributed by atoms with van der Waals surface area (Å²) in [6, 6.07) is 14.4. The van der Waals surface area contributed by atoms with E-state index >= 15 is 0 Å². The zero-order valence-corrected chi connectivity index (χ0v) is 17.4. The molecular weight excluding hydrogens is 422 g/mol. The number of fused-ring (bicyclic) bond motifs is 1. The Balaban J connectivity index is 1.35. The van der Waals surface area contributed by atoms with Gasteiger partial charge in [-0.1, -0.05) is 30.3 Å².